The van der Waals surface area contributed by atoms with Gasteiger partial charge < -0.3 is 20.1 Å². The van der Waals surface area contributed by atoms with Gasteiger partial charge in [0.15, 0.2) is 0 Å². The number of carbonyl (C=O) groups is 3. The molecule has 0 unspecified atom stereocenters. The van der Waals surface area contributed by atoms with Gasteiger partial charge in [-0.3, -0.25) is 14.6 Å². The van der Waals surface area contributed by atoms with Gasteiger partial charge in [-0.05, 0) is 18.4 Å². The standard InChI is InChI=1S/C16H21N3O3S.C2HF3O2/c1-23-10-15(20)19-7-13-12(9-22-14(13)8-19)6-18-16(21)11-2-4-17-5-3-11;3-2(4,5)1(6)7/h2-5,12-14H,6-10H2,1H3,(H,18,21);(H,6,7)/t12-,13+,14+;/m0./s1. The van der Waals surface area contributed by atoms with E-state index >= 15 is 0 Å². The van der Waals surface area contributed by atoms with Gasteiger partial charge >= 0.3 is 12.1 Å². The Morgan fingerprint density at radius 1 is 1.30 bits per heavy atom. The van der Waals surface area contributed by atoms with E-state index in [4.69, 9.17) is 14.6 Å². The lowest BCUT2D eigenvalue weighted by Gasteiger charge is -2.20. The predicted octanol–water partition coefficient (Wildman–Crippen LogP) is 1.28. The number of carbonyl (C=O) groups excluding carboxylic acids is 2. The minimum Gasteiger partial charge on any atom is -0.475 e. The van der Waals surface area contributed by atoms with Crippen molar-refractivity contribution in [1.82, 2.24) is 15.2 Å². The lowest BCUT2D eigenvalue weighted by molar-refractivity contribution is -0.192. The first-order chi connectivity index (χ1) is 14.1. The minimum atomic E-state index is -5.08. The van der Waals surface area contributed by atoms with Crippen LogP contribution in [-0.4, -0.2) is 83.3 Å². The molecule has 166 valence electrons. The van der Waals surface area contributed by atoms with Crippen molar-refractivity contribution in [3.63, 3.8) is 0 Å². The van der Waals surface area contributed by atoms with Gasteiger partial charge in [-0.15, -0.1) is 0 Å². The molecule has 0 saturated carbocycles. The summed E-state index contributed by atoms with van der Waals surface area (Å²) in [5, 5.41) is 10.1. The van der Waals surface area contributed by atoms with Crippen LogP contribution in [0.25, 0.3) is 0 Å². The second kappa shape index (κ2) is 10.6. The molecule has 1 aromatic rings. The molecule has 2 saturated heterocycles. The van der Waals surface area contributed by atoms with Gasteiger partial charge in [0.25, 0.3) is 5.91 Å². The Bertz CT molecular complexity index is 750. The number of amides is 2. The van der Waals surface area contributed by atoms with E-state index in [9.17, 15) is 22.8 Å². The van der Waals surface area contributed by atoms with E-state index < -0.39 is 12.1 Å². The van der Waals surface area contributed by atoms with E-state index in [-0.39, 0.29) is 23.8 Å². The van der Waals surface area contributed by atoms with Crippen LogP contribution in [0.1, 0.15) is 10.4 Å². The third kappa shape index (κ3) is 6.59. The summed E-state index contributed by atoms with van der Waals surface area (Å²) < 4.78 is 37.6. The lowest BCUT2D eigenvalue weighted by atomic mass is 9.93. The van der Waals surface area contributed by atoms with Crippen molar-refractivity contribution in [1.29, 1.82) is 0 Å². The second-order valence-corrected chi connectivity index (χ2v) is 7.64. The van der Waals surface area contributed by atoms with Gasteiger partial charge in [-0.2, -0.15) is 24.9 Å². The molecule has 2 fully saturated rings. The van der Waals surface area contributed by atoms with E-state index in [1.54, 1.807) is 36.3 Å². The zero-order valence-electron chi connectivity index (χ0n) is 16.1. The molecule has 12 heteroatoms. The van der Waals surface area contributed by atoms with Crippen molar-refractivity contribution < 1.29 is 37.4 Å². The first kappa shape index (κ1) is 23.9. The molecule has 0 radical (unpaired) electrons. The quantitative estimate of drug-likeness (QED) is 0.697. The van der Waals surface area contributed by atoms with Gasteiger partial charge in [0.1, 0.15) is 0 Å². The molecule has 30 heavy (non-hydrogen) atoms. The van der Waals surface area contributed by atoms with Gasteiger partial charge in [0.2, 0.25) is 5.91 Å². The summed E-state index contributed by atoms with van der Waals surface area (Å²) in [6.45, 7) is 2.64. The highest BCUT2D eigenvalue weighted by Gasteiger charge is 2.45. The monoisotopic (exact) mass is 449 g/mol. The Morgan fingerprint density at radius 2 is 1.93 bits per heavy atom. The molecule has 3 atom stereocenters. The van der Waals surface area contributed by atoms with Crippen molar-refractivity contribution in [2.75, 3.05) is 38.2 Å². The number of nitrogens with one attached hydrogen (secondary N) is 1. The molecule has 3 heterocycles. The molecule has 0 aliphatic carbocycles. The molecule has 3 rings (SSSR count). The number of nitrogens with zero attached hydrogens (tertiary/aromatic N) is 2. The number of hydrogen-bond acceptors (Lipinski definition) is 6. The maximum atomic E-state index is 12.1. The number of aliphatic carboxylic acids is 1. The van der Waals surface area contributed by atoms with Gasteiger partial charge in [0.05, 0.1) is 18.5 Å². The maximum Gasteiger partial charge on any atom is 0.490 e. The van der Waals surface area contributed by atoms with Crippen LogP contribution >= 0.6 is 11.8 Å². The summed E-state index contributed by atoms with van der Waals surface area (Å²) in [6.07, 6.45) is 0.178. The highest BCUT2D eigenvalue weighted by Crippen LogP contribution is 2.33. The van der Waals surface area contributed by atoms with E-state index in [1.165, 1.54) is 0 Å². The van der Waals surface area contributed by atoms with Crippen LogP contribution in [0.2, 0.25) is 0 Å². The highest BCUT2D eigenvalue weighted by molar-refractivity contribution is 7.99. The Morgan fingerprint density at radius 3 is 2.50 bits per heavy atom. The molecule has 1 aromatic heterocycles. The van der Waals surface area contributed by atoms with Crippen LogP contribution in [0.15, 0.2) is 24.5 Å². The van der Waals surface area contributed by atoms with E-state index in [0.29, 0.717) is 36.9 Å². The van der Waals surface area contributed by atoms with E-state index in [1.807, 2.05) is 11.2 Å². The van der Waals surface area contributed by atoms with Crippen LogP contribution in [0.3, 0.4) is 0 Å². The van der Waals surface area contributed by atoms with Crippen molar-refractivity contribution in [3.8, 4) is 0 Å². The Labute approximate surface area is 175 Å². The zero-order chi connectivity index (χ0) is 22.3. The Balaban J connectivity index is 0.000000396. The SMILES string of the molecule is CSCC(=O)N1C[C@@H]2[C@@H](CNC(=O)c3ccncc3)CO[C@@H]2C1.O=C(O)C(F)(F)F. The van der Waals surface area contributed by atoms with Crippen LogP contribution in [0, 0.1) is 11.8 Å². The van der Waals surface area contributed by atoms with Crippen LogP contribution in [0.5, 0.6) is 0 Å². The topological polar surface area (TPSA) is 109 Å². The number of likely N-dealkylation sites (tertiary alicyclic amines) is 1. The number of aromatic nitrogens is 1. The Kier molecular flexibility index (Phi) is 8.47. The molecule has 2 aliphatic heterocycles. The summed E-state index contributed by atoms with van der Waals surface area (Å²) in [5.41, 5.74) is 0.610. The number of thioether (sulfide) groups is 1. The fourth-order valence-corrected chi connectivity index (χ4v) is 3.69. The molecule has 0 bridgehead atoms. The number of rotatable bonds is 5. The minimum absolute atomic E-state index is 0.0934. The number of pyridine rings is 1. The number of carboxylic acid groups (broad SMARTS) is 1. The van der Waals surface area contributed by atoms with E-state index in [2.05, 4.69) is 10.3 Å². The average molecular weight is 449 g/mol. The lowest BCUT2D eigenvalue weighted by Crippen LogP contribution is -2.35. The number of carboxylic acids is 1. The zero-order valence-corrected chi connectivity index (χ0v) is 16.9. The fourth-order valence-electron chi connectivity index (χ4n) is 3.26. The molecule has 0 spiro atoms. The largest absolute Gasteiger partial charge is 0.490 e. The second-order valence-electron chi connectivity index (χ2n) is 6.78. The molecule has 2 N–H and O–H groups in total. The fraction of sp³-hybridized carbons (Fsp3) is 0.556. The van der Waals surface area contributed by atoms with Crippen LogP contribution < -0.4 is 5.32 Å². The van der Waals surface area contributed by atoms with Gasteiger partial charge in [-0.1, -0.05) is 0 Å². The van der Waals surface area contributed by atoms with Crippen molar-refractivity contribution in [2.45, 2.75) is 12.3 Å². The smallest absolute Gasteiger partial charge is 0.475 e. The first-order valence-corrected chi connectivity index (χ1v) is 10.4. The molecular weight excluding hydrogens is 427 g/mol. The number of alkyl halides is 3. The summed E-state index contributed by atoms with van der Waals surface area (Å²) in [7, 11) is 0. The molecule has 0 aromatic carbocycles. The molecular formula is C18H22F3N3O5S. The number of halogens is 3. The van der Waals surface area contributed by atoms with Crippen LogP contribution in [-0.2, 0) is 14.3 Å². The molecule has 8 nitrogen and oxygen atoms in total. The number of hydrogen-bond donors (Lipinski definition) is 2. The third-order valence-corrected chi connectivity index (χ3v) is 5.30. The summed E-state index contributed by atoms with van der Waals surface area (Å²) in [6, 6.07) is 3.39. The highest BCUT2D eigenvalue weighted by atomic mass is 32.2. The summed E-state index contributed by atoms with van der Waals surface area (Å²) >= 11 is 1.54. The average Bonchev–Trinajstić information content (AvgIpc) is 3.28. The normalized spacial score (nSPS) is 22.7. The molecule has 2 aliphatic rings. The van der Waals surface area contributed by atoms with Gasteiger partial charge in [0, 0.05) is 49.4 Å². The van der Waals surface area contributed by atoms with Crippen molar-refractivity contribution in [2.24, 2.45) is 11.8 Å². The van der Waals surface area contributed by atoms with Crippen LogP contribution in [0.4, 0.5) is 13.2 Å². The van der Waals surface area contributed by atoms with E-state index in [0.717, 1.165) is 6.54 Å². The number of ether oxygens (including phenoxy) is 1. The molecule has 2 amide bonds. The Hall–Kier alpha value is -2.34. The van der Waals surface area contributed by atoms with Crippen molar-refractivity contribution in [3.05, 3.63) is 30.1 Å². The third-order valence-electron chi connectivity index (χ3n) is 4.77. The maximum absolute atomic E-state index is 12.1. The predicted molar refractivity (Wildman–Crippen MR) is 102 cm³/mol. The van der Waals surface area contributed by atoms with Crippen molar-refractivity contribution >= 4 is 29.5 Å². The summed E-state index contributed by atoms with van der Waals surface area (Å²) in [4.78, 5) is 38.8. The first-order valence-electron chi connectivity index (χ1n) is 9.00. The van der Waals surface area contributed by atoms with Gasteiger partial charge in [-0.25, -0.2) is 4.79 Å². The number of fused-ring (bicyclic) bond motifs is 1. The summed E-state index contributed by atoms with van der Waals surface area (Å²) in [5.74, 6) is -1.58.